The molecule has 90 valence electrons. The summed E-state index contributed by atoms with van der Waals surface area (Å²) in [4.78, 5) is 2.22. The largest absolute Gasteiger partial charge is 0.388 e. The average Bonchev–Trinajstić information content (AvgIpc) is 2.86. The Hall–Kier alpha value is -0.760. The maximum Gasteiger partial charge on any atom is 0.132 e. The third-order valence-corrected chi connectivity index (χ3v) is 3.45. The molecule has 2 atom stereocenters. The van der Waals surface area contributed by atoms with E-state index < -0.39 is 0 Å². The summed E-state index contributed by atoms with van der Waals surface area (Å²) in [6, 6.07) is 0. The van der Waals surface area contributed by atoms with Crippen LogP contribution in [0, 0.1) is 0 Å². The molecule has 16 heavy (non-hydrogen) atoms. The molecule has 1 aromatic rings. The molecule has 0 bridgehead atoms. The van der Waals surface area contributed by atoms with Crippen molar-refractivity contribution in [2.24, 2.45) is 0 Å². The van der Waals surface area contributed by atoms with E-state index in [1.54, 1.807) is 14.2 Å². The van der Waals surface area contributed by atoms with E-state index in [4.69, 9.17) is 15.2 Å². The van der Waals surface area contributed by atoms with Gasteiger partial charge in [0.15, 0.2) is 0 Å². The normalized spacial score (nSPS) is 26.4. The van der Waals surface area contributed by atoms with Gasteiger partial charge in [-0.1, -0.05) is 4.49 Å². The van der Waals surface area contributed by atoms with Gasteiger partial charge in [-0.25, -0.2) is 0 Å². The van der Waals surface area contributed by atoms with E-state index in [0.29, 0.717) is 11.5 Å². The molecule has 7 heteroatoms. The van der Waals surface area contributed by atoms with Crippen molar-refractivity contribution in [1.82, 2.24) is 14.5 Å². The zero-order chi connectivity index (χ0) is 11.5. The molecule has 0 aliphatic carbocycles. The number of hydrogen-bond acceptors (Lipinski definition) is 7. The molecular weight excluding hydrogens is 228 g/mol. The lowest BCUT2D eigenvalue weighted by Crippen LogP contribution is -2.27. The van der Waals surface area contributed by atoms with Crippen molar-refractivity contribution in [3.63, 3.8) is 0 Å². The minimum Gasteiger partial charge on any atom is -0.388 e. The van der Waals surface area contributed by atoms with Gasteiger partial charge in [0.25, 0.3) is 0 Å². The molecule has 0 aromatic carbocycles. The van der Waals surface area contributed by atoms with Crippen LogP contribution in [0.5, 0.6) is 0 Å². The standard InChI is InChI=1S/C9H16N4O2S/c1-14-7-4-13(5-8(7)15-2)3-6-9(10)16-12-11-6/h7-8H,3-5,10H2,1-2H3. The number of aromatic nitrogens is 2. The van der Waals surface area contributed by atoms with Crippen LogP contribution in [0.4, 0.5) is 5.00 Å². The number of methoxy groups -OCH3 is 2. The van der Waals surface area contributed by atoms with E-state index in [-0.39, 0.29) is 12.2 Å². The summed E-state index contributed by atoms with van der Waals surface area (Å²) in [7, 11) is 3.41. The van der Waals surface area contributed by atoms with Crippen LogP contribution in [-0.4, -0.2) is 54.0 Å². The van der Waals surface area contributed by atoms with Crippen LogP contribution in [0.25, 0.3) is 0 Å². The molecule has 1 saturated heterocycles. The molecule has 0 spiro atoms. The minimum atomic E-state index is 0.123. The van der Waals surface area contributed by atoms with Gasteiger partial charge in [-0.2, -0.15) is 0 Å². The highest BCUT2D eigenvalue weighted by atomic mass is 32.1. The van der Waals surface area contributed by atoms with Crippen LogP contribution in [0.2, 0.25) is 0 Å². The van der Waals surface area contributed by atoms with Crippen molar-refractivity contribution in [3.05, 3.63) is 5.69 Å². The second kappa shape index (κ2) is 5.05. The number of rotatable bonds is 4. The van der Waals surface area contributed by atoms with E-state index in [1.807, 2.05) is 0 Å². The van der Waals surface area contributed by atoms with Crippen molar-refractivity contribution < 1.29 is 9.47 Å². The second-order valence-electron chi connectivity index (χ2n) is 3.83. The minimum absolute atomic E-state index is 0.123. The lowest BCUT2D eigenvalue weighted by atomic mass is 10.3. The summed E-state index contributed by atoms with van der Waals surface area (Å²) in [6.45, 7) is 2.39. The molecule has 2 unspecified atom stereocenters. The van der Waals surface area contributed by atoms with Gasteiger partial charge >= 0.3 is 0 Å². The van der Waals surface area contributed by atoms with Gasteiger partial charge in [-0.15, -0.1) is 5.10 Å². The predicted octanol–water partition coefficient (Wildman–Crippen LogP) is -0.0341. The van der Waals surface area contributed by atoms with Gasteiger partial charge < -0.3 is 15.2 Å². The molecule has 1 aliphatic rings. The molecule has 2 rings (SSSR count). The quantitative estimate of drug-likeness (QED) is 0.801. The summed E-state index contributed by atoms with van der Waals surface area (Å²) in [5.41, 5.74) is 6.60. The Labute approximate surface area is 98.5 Å². The zero-order valence-corrected chi connectivity index (χ0v) is 10.2. The molecule has 0 saturated carbocycles. The van der Waals surface area contributed by atoms with Gasteiger partial charge in [0, 0.05) is 45.4 Å². The van der Waals surface area contributed by atoms with Gasteiger partial charge in [-0.05, 0) is 0 Å². The number of likely N-dealkylation sites (tertiary alicyclic amines) is 1. The first-order valence-corrected chi connectivity index (χ1v) is 5.86. The average molecular weight is 244 g/mol. The fourth-order valence-electron chi connectivity index (χ4n) is 1.94. The highest BCUT2D eigenvalue weighted by Gasteiger charge is 2.33. The predicted molar refractivity (Wildman–Crippen MR) is 61.2 cm³/mol. The van der Waals surface area contributed by atoms with Crippen LogP contribution >= 0.6 is 11.5 Å². The Morgan fingerprint density at radius 2 is 2.00 bits per heavy atom. The summed E-state index contributed by atoms with van der Waals surface area (Å²) < 4.78 is 14.5. The van der Waals surface area contributed by atoms with Crippen LogP contribution in [0.3, 0.4) is 0 Å². The Bertz CT molecular complexity index is 334. The van der Waals surface area contributed by atoms with E-state index in [2.05, 4.69) is 14.5 Å². The molecule has 2 heterocycles. The van der Waals surface area contributed by atoms with Crippen molar-refractivity contribution in [2.75, 3.05) is 33.0 Å². The molecule has 6 nitrogen and oxygen atoms in total. The number of nitrogens with zero attached hydrogens (tertiary/aromatic N) is 3. The first-order chi connectivity index (χ1) is 7.74. The van der Waals surface area contributed by atoms with E-state index >= 15 is 0 Å². The Morgan fingerprint density at radius 3 is 2.44 bits per heavy atom. The van der Waals surface area contributed by atoms with Gasteiger partial charge in [0.2, 0.25) is 0 Å². The van der Waals surface area contributed by atoms with Crippen molar-refractivity contribution in [2.45, 2.75) is 18.8 Å². The zero-order valence-electron chi connectivity index (χ0n) is 9.42. The van der Waals surface area contributed by atoms with Crippen LogP contribution in [-0.2, 0) is 16.0 Å². The number of anilines is 1. The molecular formula is C9H16N4O2S. The Balaban J connectivity index is 1.95. The fraction of sp³-hybridized carbons (Fsp3) is 0.778. The maximum absolute atomic E-state index is 5.76. The molecule has 1 aromatic heterocycles. The highest BCUT2D eigenvalue weighted by Crippen LogP contribution is 2.20. The Kier molecular flexibility index (Phi) is 3.70. The summed E-state index contributed by atoms with van der Waals surface area (Å²) in [5.74, 6) is 0. The topological polar surface area (TPSA) is 73.5 Å². The number of nitrogen functional groups attached to an aromatic ring is 1. The highest BCUT2D eigenvalue weighted by molar-refractivity contribution is 7.09. The molecule has 1 aliphatic heterocycles. The van der Waals surface area contributed by atoms with E-state index in [9.17, 15) is 0 Å². The van der Waals surface area contributed by atoms with Crippen molar-refractivity contribution >= 4 is 16.5 Å². The summed E-state index contributed by atoms with van der Waals surface area (Å²) >= 11 is 1.23. The molecule has 1 fully saturated rings. The first kappa shape index (κ1) is 11.7. The van der Waals surface area contributed by atoms with E-state index in [0.717, 1.165) is 18.8 Å². The number of ether oxygens (including phenoxy) is 2. The van der Waals surface area contributed by atoms with Gasteiger partial charge in [-0.3, -0.25) is 4.90 Å². The second-order valence-corrected chi connectivity index (χ2v) is 4.61. The SMILES string of the molecule is COC1CN(Cc2nnsc2N)CC1OC. The third-order valence-electron chi connectivity index (χ3n) is 2.85. The lowest BCUT2D eigenvalue weighted by Gasteiger charge is -2.13. The van der Waals surface area contributed by atoms with Crippen LogP contribution < -0.4 is 5.73 Å². The van der Waals surface area contributed by atoms with Crippen molar-refractivity contribution in [3.8, 4) is 0 Å². The molecule has 0 amide bonds. The van der Waals surface area contributed by atoms with Crippen molar-refractivity contribution in [1.29, 1.82) is 0 Å². The number of hydrogen-bond donors (Lipinski definition) is 1. The fourth-order valence-corrected chi connectivity index (χ4v) is 2.38. The molecule has 0 radical (unpaired) electrons. The third kappa shape index (κ3) is 2.32. The van der Waals surface area contributed by atoms with Gasteiger partial charge in [0.05, 0.1) is 12.2 Å². The smallest absolute Gasteiger partial charge is 0.132 e. The summed E-state index contributed by atoms with van der Waals surface area (Å²) in [5, 5.41) is 4.69. The van der Waals surface area contributed by atoms with Crippen LogP contribution in [0.1, 0.15) is 5.69 Å². The summed E-state index contributed by atoms with van der Waals surface area (Å²) in [6.07, 6.45) is 0.246. The lowest BCUT2D eigenvalue weighted by molar-refractivity contribution is -0.00461. The van der Waals surface area contributed by atoms with Gasteiger partial charge in [0.1, 0.15) is 10.7 Å². The maximum atomic E-state index is 5.76. The van der Waals surface area contributed by atoms with Crippen LogP contribution in [0.15, 0.2) is 0 Å². The number of nitrogens with two attached hydrogens (primary N) is 1. The van der Waals surface area contributed by atoms with E-state index in [1.165, 1.54) is 11.5 Å². The molecule has 2 N–H and O–H groups in total. The monoisotopic (exact) mass is 244 g/mol. The first-order valence-electron chi connectivity index (χ1n) is 5.09. The Morgan fingerprint density at radius 1 is 1.38 bits per heavy atom.